The second-order valence-corrected chi connectivity index (χ2v) is 5.99. The van der Waals surface area contributed by atoms with Gasteiger partial charge < -0.3 is 20.1 Å². The fourth-order valence-electron chi connectivity index (χ4n) is 2.81. The van der Waals surface area contributed by atoms with Gasteiger partial charge in [0.05, 0.1) is 11.4 Å². The first-order valence-electron chi connectivity index (χ1n) is 8.56. The van der Waals surface area contributed by atoms with Gasteiger partial charge in [-0.25, -0.2) is 9.97 Å². The zero-order valence-corrected chi connectivity index (χ0v) is 14.7. The zero-order chi connectivity index (χ0) is 18.6. The third-order valence-electron chi connectivity index (χ3n) is 3.93. The van der Waals surface area contributed by atoms with Gasteiger partial charge in [-0.1, -0.05) is 18.2 Å². The summed E-state index contributed by atoms with van der Waals surface area (Å²) in [7, 11) is 0. The van der Waals surface area contributed by atoms with Gasteiger partial charge in [0.1, 0.15) is 13.2 Å². The van der Waals surface area contributed by atoms with E-state index in [1.807, 2.05) is 42.5 Å². The van der Waals surface area contributed by atoms with Gasteiger partial charge in [-0.05, 0) is 30.3 Å². The molecule has 4 rings (SSSR count). The monoisotopic (exact) mass is 362 g/mol. The van der Waals surface area contributed by atoms with Crippen molar-refractivity contribution in [3.8, 4) is 22.8 Å². The van der Waals surface area contributed by atoms with Crippen LogP contribution in [-0.4, -0.2) is 29.1 Å². The highest BCUT2D eigenvalue weighted by atomic mass is 16.6. The summed E-state index contributed by atoms with van der Waals surface area (Å²) in [4.78, 5) is 20.4. The largest absolute Gasteiger partial charge is 0.486 e. The SMILES string of the molecule is CC(=O)Nc1cc(-c2ccnc(Nc3ccccc3)n2)cc2c1OCCO2. The predicted molar refractivity (Wildman–Crippen MR) is 102 cm³/mol. The number of para-hydroxylation sites is 1. The molecule has 0 atom stereocenters. The van der Waals surface area contributed by atoms with E-state index in [1.54, 1.807) is 12.3 Å². The molecule has 7 heteroatoms. The van der Waals surface area contributed by atoms with E-state index < -0.39 is 0 Å². The van der Waals surface area contributed by atoms with Gasteiger partial charge in [-0.2, -0.15) is 0 Å². The number of ether oxygens (including phenoxy) is 2. The van der Waals surface area contributed by atoms with Gasteiger partial charge in [0, 0.05) is 24.4 Å². The van der Waals surface area contributed by atoms with Crippen molar-refractivity contribution in [2.75, 3.05) is 23.8 Å². The van der Waals surface area contributed by atoms with Gasteiger partial charge in [-0.3, -0.25) is 4.79 Å². The quantitative estimate of drug-likeness (QED) is 0.737. The van der Waals surface area contributed by atoms with Crippen LogP contribution in [0.4, 0.5) is 17.3 Å². The number of aromatic nitrogens is 2. The summed E-state index contributed by atoms with van der Waals surface area (Å²) in [5.74, 6) is 1.42. The lowest BCUT2D eigenvalue weighted by Crippen LogP contribution is -2.18. The maximum atomic E-state index is 11.6. The second-order valence-electron chi connectivity index (χ2n) is 5.99. The Balaban J connectivity index is 1.70. The lowest BCUT2D eigenvalue weighted by molar-refractivity contribution is -0.114. The van der Waals surface area contributed by atoms with Crippen LogP contribution in [0.2, 0.25) is 0 Å². The van der Waals surface area contributed by atoms with E-state index in [0.29, 0.717) is 42.0 Å². The smallest absolute Gasteiger partial charge is 0.227 e. The van der Waals surface area contributed by atoms with E-state index in [-0.39, 0.29) is 5.91 Å². The van der Waals surface area contributed by atoms with Crippen molar-refractivity contribution in [1.82, 2.24) is 9.97 Å². The molecule has 0 spiro atoms. The van der Waals surface area contributed by atoms with Crippen molar-refractivity contribution in [3.05, 3.63) is 54.7 Å². The Morgan fingerprint density at radius 1 is 1.07 bits per heavy atom. The molecule has 0 saturated heterocycles. The van der Waals surface area contributed by atoms with Crippen LogP contribution in [0.15, 0.2) is 54.7 Å². The third-order valence-corrected chi connectivity index (χ3v) is 3.93. The van der Waals surface area contributed by atoms with Crippen LogP contribution < -0.4 is 20.1 Å². The third kappa shape index (κ3) is 3.82. The molecule has 0 aliphatic carbocycles. The molecule has 0 saturated carbocycles. The molecular formula is C20H18N4O3. The average molecular weight is 362 g/mol. The Hall–Kier alpha value is -3.61. The van der Waals surface area contributed by atoms with E-state index >= 15 is 0 Å². The summed E-state index contributed by atoms with van der Waals surface area (Å²) < 4.78 is 11.4. The first-order valence-corrected chi connectivity index (χ1v) is 8.56. The Labute approximate surface area is 156 Å². The summed E-state index contributed by atoms with van der Waals surface area (Å²) in [6, 6.07) is 15.2. The van der Waals surface area contributed by atoms with Crippen LogP contribution in [0, 0.1) is 0 Å². The van der Waals surface area contributed by atoms with E-state index in [4.69, 9.17) is 9.47 Å². The van der Waals surface area contributed by atoms with Gasteiger partial charge in [0.15, 0.2) is 11.5 Å². The maximum absolute atomic E-state index is 11.6. The lowest BCUT2D eigenvalue weighted by Gasteiger charge is -2.22. The van der Waals surface area contributed by atoms with Crippen LogP contribution in [0.25, 0.3) is 11.3 Å². The Bertz CT molecular complexity index is 976. The number of benzene rings is 2. The molecule has 0 bridgehead atoms. The molecule has 0 fully saturated rings. The van der Waals surface area contributed by atoms with Gasteiger partial charge in [0.25, 0.3) is 0 Å². The highest BCUT2D eigenvalue weighted by Gasteiger charge is 2.19. The molecule has 1 aliphatic rings. The van der Waals surface area contributed by atoms with Crippen molar-refractivity contribution in [2.45, 2.75) is 6.92 Å². The molecule has 2 heterocycles. The van der Waals surface area contributed by atoms with Crippen LogP contribution in [0.5, 0.6) is 11.5 Å². The molecule has 3 aromatic rings. The Morgan fingerprint density at radius 2 is 1.89 bits per heavy atom. The fraction of sp³-hybridized carbons (Fsp3) is 0.150. The molecule has 7 nitrogen and oxygen atoms in total. The number of carbonyl (C=O) groups is 1. The second kappa shape index (κ2) is 7.33. The summed E-state index contributed by atoms with van der Waals surface area (Å²) in [6.07, 6.45) is 1.68. The first-order chi connectivity index (χ1) is 13.2. The number of anilines is 3. The number of carbonyl (C=O) groups excluding carboxylic acids is 1. The number of hydrogen-bond donors (Lipinski definition) is 2. The number of hydrogen-bond acceptors (Lipinski definition) is 6. The zero-order valence-electron chi connectivity index (χ0n) is 14.7. The van der Waals surface area contributed by atoms with Crippen LogP contribution in [0.1, 0.15) is 6.92 Å². The number of rotatable bonds is 4. The molecule has 136 valence electrons. The first kappa shape index (κ1) is 16.8. The van der Waals surface area contributed by atoms with Crippen LogP contribution in [0.3, 0.4) is 0 Å². The highest BCUT2D eigenvalue weighted by molar-refractivity contribution is 5.92. The predicted octanol–water partition coefficient (Wildman–Crippen LogP) is 3.62. The van der Waals surface area contributed by atoms with Crippen LogP contribution in [-0.2, 0) is 4.79 Å². The van der Waals surface area contributed by atoms with E-state index in [1.165, 1.54) is 6.92 Å². The number of amides is 1. The van der Waals surface area contributed by atoms with Crippen molar-refractivity contribution >= 4 is 23.2 Å². The van der Waals surface area contributed by atoms with Crippen molar-refractivity contribution in [2.24, 2.45) is 0 Å². The molecule has 2 N–H and O–H groups in total. The van der Waals surface area contributed by atoms with E-state index in [0.717, 1.165) is 11.3 Å². The molecule has 1 aliphatic heterocycles. The molecule has 0 radical (unpaired) electrons. The van der Waals surface area contributed by atoms with Crippen LogP contribution >= 0.6 is 0 Å². The molecule has 0 unspecified atom stereocenters. The molecule has 2 aromatic carbocycles. The van der Waals surface area contributed by atoms with Gasteiger partial charge in [-0.15, -0.1) is 0 Å². The summed E-state index contributed by atoms with van der Waals surface area (Å²) in [5.41, 5.74) is 2.95. The normalized spacial score (nSPS) is 12.3. The van der Waals surface area contributed by atoms with Gasteiger partial charge in [0.2, 0.25) is 11.9 Å². The minimum Gasteiger partial charge on any atom is -0.486 e. The Kier molecular flexibility index (Phi) is 4.57. The van der Waals surface area contributed by atoms with Gasteiger partial charge >= 0.3 is 0 Å². The number of fused-ring (bicyclic) bond motifs is 1. The average Bonchev–Trinajstić information content (AvgIpc) is 2.68. The summed E-state index contributed by atoms with van der Waals surface area (Å²) >= 11 is 0. The van der Waals surface area contributed by atoms with Crippen molar-refractivity contribution < 1.29 is 14.3 Å². The minimum absolute atomic E-state index is 0.183. The van der Waals surface area contributed by atoms with Crippen molar-refractivity contribution in [1.29, 1.82) is 0 Å². The summed E-state index contributed by atoms with van der Waals surface area (Å²) in [5, 5.41) is 5.97. The fourth-order valence-corrected chi connectivity index (χ4v) is 2.81. The summed E-state index contributed by atoms with van der Waals surface area (Å²) in [6.45, 7) is 2.35. The standard InChI is InChI=1S/C20H18N4O3/c1-13(25)22-17-11-14(12-18-19(17)27-10-9-26-18)16-7-8-21-20(24-16)23-15-5-3-2-4-6-15/h2-8,11-12H,9-10H2,1H3,(H,22,25)(H,21,23,24). The van der Waals surface area contributed by atoms with E-state index in [9.17, 15) is 4.79 Å². The topological polar surface area (TPSA) is 85.4 Å². The van der Waals surface area contributed by atoms with Crippen molar-refractivity contribution in [3.63, 3.8) is 0 Å². The maximum Gasteiger partial charge on any atom is 0.227 e. The minimum atomic E-state index is -0.183. The molecule has 1 aromatic heterocycles. The molecular weight excluding hydrogens is 344 g/mol. The Morgan fingerprint density at radius 3 is 2.70 bits per heavy atom. The van der Waals surface area contributed by atoms with E-state index in [2.05, 4.69) is 20.6 Å². The molecule has 1 amide bonds. The number of nitrogens with zero attached hydrogens (tertiary/aromatic N) is 2. The lowest BCUT2D eigenvalue weighted by atomic mass is 10.1. The highest BCUT2D eigenvalue weighted by Crippen LogP contribution is 2.41. The number of nitrogens with one attached hydrogen (secondary N) is 2. The molecule has 27 heavy (non-hydrogen) atoms.